The highest BCUT2D eigenvalue weighted by atomic mass is 19.1. The van der Waals surface area contributed by atoms with Crippen LogP contribution in [0.2, 0.25) is 0 Å². The predicted molar refractivity (Wildman–Crippen MR) is 50.2 cm³/mol. The Morgan fingerprint density at radius 1 is 1.57 bits per heavy atom. The topological polar surface area (TPSA) is 89.3 Å². The highest BCUT2D eigenvalue weighted by Crippen LogP contribution is 2.19. The summed E-state index contributed by atoms with van der Waals surface area (Å²) in [6, 6.07) is 3.80. The van der Waals surface area contributed by atoms with Gasteiger partial charge in [0.1, 0.15) is 5.82 Å². The Kier molecular flexibility index (Phi) is 3.03. The Hall–Kier alpha value is -1.62. The van der Waals surface area contributed by atoms with Gasteiger partial charge < -0.3 is 16.6 Å². The first-order valence-corrected chi connectivity index (χ1v) is 4.04. The Bertz CT molecular complexity index is 355. The maximum atomic E-state index is 12.8. The van der Waals surface area contributed by atoms with Crippen molar-refractivity contribution in [3.05, 3.63) is 29.6 Å². The van der Waals surface area contributed by atoms with Crippen LogP contribution in [-0.2, 0) is 4.79 Å². The Morgan fingerprint density at radius 3 is 2.64 bits per heavy atom. The summed E-state index contributed by atoms with van der Waals surface area (Å²) in [5.41, 5.74) is 10.9. The number of hydrogen-bond donors (Lipinski definition) is 3. The number of aliphatic carboxylic acids is 1. The molecule has 0 heterocycles. The fraction of sp³-hybridized carbons (Fsp3) is 0.222. The molecule has 0 spiro atoms. The summed E-state index contributed by atoms with van der Waals surface area (Å²) >= 11 is 0. The minimum absolute atomic E-state index is 0.0413. The summed E-state index contributed by atoms with van der Waals surface area (Å²) in [5.74, 6) is -2.44. The second-order valence-electron chi connectivity index (χ2n) is 2.91. The Balaban J connectivity index is 3.06. The van der Waals surface area contributed by atoms with E-state index in [1.807, 2.05) is 0 Å². The van der Waals surface area contributed by atoms with Crippen molar-refractivity contribution in [3.8, 4) is 0 Å². The molecule has 0 amide bonds. The molecular weight excluding hydrogens is 187 g/mol. The van der Waals surface area contributed by atoms with E-state index in [9.17, 15) is 9.18 Å². The third-order valence-corrected chi connectivity index (χ3v) is 1.96. The van der Waals surface area contributed by atoms with Gasteiger partial charge in [-0.15, -0.1) is 0 Å². The molecule has 1 atom stereocenters. The molecule has 76 valence electrons. The summed E-state index contributed by atoms with van der Waals surface area (Å²) in [7, 11) is 0. The normalized spacial score (nSPS) is 12.4. The summed E-state index contributed by atoms with van der Waals surface area (Å²) in [6.45, 7) is -0.0413. The number of carboxylic acid groups (broad SMARTS) is 1. The third-order valence-electron chi connectivity index (χ3n) is 1.96. The fourth-order valence-corrected chi connectivity index (χ4v) is 1.16. The van der Waals surface area contributed by atoms with Crippen LogP contribution < -0.4 is 11.5 Å². The number of nitrogens with two attached hydrogens (primary N) is 2. The molecule has 0 aliphatic carbocycles. The minimum atomic E-state index is -1.04. The van der Waals surface area contributed by atoms with Crippen molar-refractivity contribution in [3.63, 3.8) is 0 Å². The number of halogens is 1. The van der Waals surface area contributed by atoms with Crippen molar-refractivity contribution in [1.82, 2.24) is 0 Å². The van der Waals surface area contributed by atoms with Crippen LogP contribution in [0.25, 0.3) is 0 Å². The SMILES string of the molecule is NCC(C(=O)O)c1ccc(F)c(N)c1. The van der Waals surface area contributed by atoms with E-state index in [1.54, 1.807) is 0 Å². The van der Waals surface area contributed by atoms with Crippen molar-refractivity contribution >= 4 is 11.7 Å². The lowest BCUT2D eigenvalue weighted by Crippen LogP contribution is -2.21. The molecule has 5 N–H and O–H groups in total. The molecule has 0 bridgehead atoms. The van der Waals surface area contributed by atoms with Gasteiger partial charge in [0, 0.05) is 6.54 Å². The van der Waals surface area contributed by atoms with Gasteiger partial charge in [-0.3, -0.25) is 4.79 Å². The molecule has 0 aliphatic rings. The van der Waals surface area contributed by atoms with Gasteiger partial charge in [0.05, 0.1) is 11.6 Å². The molecule has 1 unspecified atom stereocenters. The maximum Gasteiger partial charge on any atom is 0.312 e. The maximum absolute atomic E-state index is 12.8. The largest absolute Gasteiger partial charge is 0.481 e. The van der Waals surface area contributed by atoms with Gasteiger partial charge >= 0.3 is 5.97 Å². The zero-order valence-electron chi connectivity index (χ0n) is 7.40. The van der Waals surface area contributed by atoms with Crippen molar-refractivity contribution < 1.29 is 14.3 Å². The molecule has 1 rings (SSSR count). The molecule has 1 aromatic carbocycles. The summed E-state index contributed by atoms with van der Waals surface area (Å²) < 4.78 is 12.8. The highest BCUT2D eigenvalue weighted by Gasteiger charge is 2.18. The lowest BCUT2D eigenvalue weighted by molar-refractivity contribution is -0.138. The molecular formula is C9H11FN2O2. The smallest absolute Gasteiger partial charge is 0.312 e. The van der Waals surface area contributed by atoms with Gasteiger partial charge in [-0.1, -0.05) is 6.07 Å². The van der Waals surface area contributed by atoms with Crippen LogP contribution in [0, 0.1) is 5.82 Å². The number of carboxylic acids is 1. The first-order chi connectivity index (χ1) is 6.56. The number of nitrogen functional groups attached to an aromatic ring is 1. The van der Waals surface area contributed by atoms with Gasteiger partial charge in [0.25, 0.3) is 0 Å². The van der Waals surface area contributed by atoms with Gasteiger partial charge in [0.2, 0.25) is 0 Å². The zero-order valence-corrected chi connectivity index (χ0v) is 7.40. The standard InChI is InChI=1S/C9H11FN2O2/c10-7-2-1-5(3-8(7)12)6(4-11)9(13)14/h1-3,6H,4,11-12H2,(H,13,14). The Labute approximate surface area is 80.3 Å². The van der Waals surface area contributed by atoms with Crippen LogP contribution in [0.3, 0.4) is 0 Å². The lowest BCUT2D eigenvalue weighted by atomic mass is 9.99. The monoisotopic (exact) mass is 198 g/mol. The van der Waals surface area contributed by atoms with E-state index >= 15 is 0 Å². The molecule has 0 aromatic heterocycles. The number of benzene rings is 1. The predicted octanol–water partition coefficient (Wildman–Crippen LogP) is 0.535. The summed E-state index contributed by atoms with van der Waals surface area (Å²) in [6.07, 6.45) is 0. The average molecular weight is 198 g/mol. The van der Waals surface area contributed by atoms with E-state index in [2.05, 4.69) is 0 Å². The van der Waals surface area contributed by atoms with E-state index in [0.29, 0.717) is 5.56 Å². The van der Waals surface area contributed by atoms with Gasteiger partial charge in [0.15, 0.2) is 0 Å². The van der Waals surface area contributed by atoms with Crippen LogP contribution in [0.15, 0.2) is 18.2 Å². The summed E-state index contributed by atoms with van der Waals surface area (Å²) in [4.78, 5) is 10.7. The van der Waals surface area contributed by atoms with E-state index in [4.69, 9.17) is 16.6 Å². The lowest BCUT2D eigenvalue weighted by Gasteiger charge is -2.10. The van der Waals surface area contributed by atoms with Crippen LogP contribution in [0.5, 0.6) is 0 Å². The van der Waals surface area contributed by atoms with Gasteiger partial charge in [-0.2, -0.15) is 0 Å². The van der Waals surface area contributed by atoms with Crippen LogP contribution in [0.4, 0.5) is 10.1 Å². The molecule has 0 fully saturated rings. The van der Waals surface area contributed by atoms with Crippen LogP contribution in [-0.4, -0.2) is 17.6 Å². The van der Waals surface area contributed by atoms with Crippen molar-refractivity contribution in [2.75, 3.05) is 12.3 Å². The molecule has 4 nitrogen and oxygen atoms in total. The summed E-state index contributed by atoms with van der Waals surface area (Å²) in [5, 5.41) is 8.77. The second-order valence-corrected chi connectivity index (χ2v) is 2.91. The number of carbonyl (C=O) groups is 1. The molecule has 0 saturated heterocycles. The fourth-order valence-electron chi connectivity index (χ4n) is 1.16. The van der Waals surface area contributed by atoms with Gasteiger partial charge in [-0.05, 0) is 17.7 Å². The molecule has 0 saturated carbocycles. The minimum Gasteiger partial charge on any atom is -0.481 e. The van der Waals surface area contributed by atoms with Crippen molar-refractivity contribution in [1.29, 1.82) is 0 Å². The average Bonchev–Trinajstić information content (AvgIpc) is 2.11. The first kappa shape index (κ1) is 10.5. The molecule has 1 aromatic rings. The number of hydrogen-bond acceptors (Lipinski definition) is 3. The molecule has 5 heteroatoms. The van der Waals surface area contributed by atoms with E-state index < -0.39 is 17.7 Å². The molecule has 0 radical (unpaired) electrons. The van der Waals surface area contributed by atoms with Crippen LogP contribution >= 0.6 is 0 Å². The van der Waals surface area contributed by atoms with E-state index in [1.165, 1.54) is 12.1 Å². The quantitative estimate of drug-likeness (QED) is 0.618. The van der Waals surface area contributed by atoms with Crippen molar-refractivity contribution in [2.45, 2.75) is 5.92 Å². The number of anilines is 1. The van der Waals surface area contributed by atoms with Crippen molar-refractivity contribution in [2.24, 2.45) is 5.73 Å². The number of rotatable bonds is 3. The second kappa shape index (κ2) is 4.06. The van der Waals surface area contributed by atoms with E-state index in [-0.39, 0.29) is 12.2 Å². The molecule has 0 aliphatic heterocycles. The molecule has 14 heavy (non-hydrogen) atoms. The first-order valence-electron chi connectivity index (χ1n) is 4.04. The van der Waals surface area contributed by atoms with E-state index in [0.717, 1.165) is 6.07 Å². The van der Waals surface area contributed by atoms with Gasteiger partial charge in [-0.25, -0.2) is 4.39 Å². The highest BCUT2D eigenvalue weighted by molar-refractivity contribution is 5.76. The Morgan fingerprint density at radius 2 is 2.21 bits per heavy atom. The third kappa shape index (κ3) is 2.00. The van der Waals surface area contributed by atoms with Crippen LogP contribution in [0.1, 0.15) is 11.5 Å². The zero-order chi connectivity index (χ0) is 10.7.